The van der Waals surface area contributed by atoms with Crippen molar-refractivity contribution in [1.29, 1.82) is 0 Å². The minimum atomic E-state index is -0.482. The zero-order valence-corrected chi connectivity index (χ0v) is 11.7. The van der Waals surface area contributed by atoms with E-state index in [2.05, 4.69) is 21.0 Å². The van der Waals surface area contributed by atoms with Crippen LogP contribution in [-0.4, -0.2) is 21.5 Å². The predicted octanol–water partition coefficient (Wildman–Crippen LogP) is 2.78. The topological polar surface area (TPSA) is 47.3 Å². The van der Waals surface area contributed by atoms with E-state index in [1.807, 2.05) is 30.5 Å². The second kappa shape index (κ2) is 6.02. The molecule has 1 atom stereocenters. The van der Waals surface area contributed by atoms with Gasteiger partial charge < -0.3 is 9.84 Å². The summed E-state index contributed by atoms with van der Waals surface area (Å²) in [4.78, 5) is 0. The second-order valence-corrected chi connectivity index (χ2v) is 4.93. The minimum Gasteiger partial charge on any atom is -0.492 e. The van der Waals surface area contributed by atoms with Crippen LogP contribution in [0.1, 0.15) is 18.6 Å². The standard InChI is InChI=1S/C13H15BrN2O2/c1-10(17)11-8-15-16(9-11)5-6-18-13-4-2-3-12(14)7-13/h2-4,7-10,17H,5-6H2,1H3. The number of hydrogen-bond donors (Lipinski definition) is 1. The van der Waals surface area contributed by atoms with E-state index in [1.54, 1.807) is 17.8 Å². The molecule has 0 aliphatic heterocycles. The number of aliphatic hydroxyl groups excluding tert-OH is 1. The Morgan fingerprint density at radius 3 is 3.00 bits per heavy atom. The van der Waals surface area contributed by atoms with Gasteiger partial charge in [-0.2, -0.15) is 5.10 Å². The van der Waals surface area contributed by atoms with Gasteiger partial charge in [0, 0.05) is 16.2 Å². The van der Waals surface area contributed by atoms with Crippen LogP contribution >= 0.6 is 15.9 Å². The van der Waals surface area contributed by atoms with E-state index in [4.69, 9.17) is 4.74 Å². The fraction of sp³-hybridized carbons (Fsp3) is 0.308. The Balaban J connectivity index is 1.84. The molecule has 1 aromatic heterocycles. The number of nitrogens with zero attached hydrogens (tertiary/aromatic N) is 2. The van der Waals surface area contributed by atoms with E-state index in [0.717, 1.165) is 15.8 Å². The summed E-state index contributed by atoms with van der Waals surface area (Å²) in [7, 11) is 0. The lowest BCUT2D eigenvalue weighted by Gasteiger charge is -2.06. The van der Waals surface area contributed by atoms with Crippen LogP contribution in [0, 0.1) is 0 Å². The number of hydrogen-bond acceptors (Lipinski definition) is 3. The third-order valence-electron chi connectivity index (χ3n) is 2.52. The summed E-state index contributed by atoms with van der Waals surface area (Å²) < 4.78 is 8.37. The smallest absolute Gasteiger partial charge is 0.120 e. The van der Waals surface area contributed by atoms with Crippen molar-refractivity contribution in [3.05, 3.63) is 46.7 Å². The molecule has 0 saturated carbocycles. The van der Waals surface area contributed by atoms with Crippen molar-refractivity contribution < 1.29 is 9.84 Å². The molecule has 0 radical (unpaired) electrons. The summed E-state index contributed by atoms with van der Waals surface area (Å²) in [6.45, 7) is 2.91. The van der Waals surface area contributed by atoms with E-state index in [1.165, 1.54) is 0 Å². The number of ether oxygens (including phenoxy) is 1. The maximum absolute atomic E-state index is 9.38. The molecule has 5 heteroatoms. The molecule has 0 fully saturated rings. The van der Waals surface area contributed by atoms with Crippen molar-refractivity contribution in [2.45, 2.75) is 19.6 Å². The number of benzene rings is 1. The zero-order chi connectivity index (χ0) is 13.0. The van der Waals surface area contributed by atoms with E-state index < -0.39 is 6.10 Å². The molecule has 4 nitrogen and oxygen atoms in total. The molecule has 0 aliphatic carbocycles. The molecule has 0 amide bonds. The van der Waals surface area contributed by atoms with Gasteiger partial charge in [-0.05, 0) is 25.1 Å². The Hall–Kier alpha value is -1.33. The van der Waals surface area contributed by atoms with Crippen molar-refractivity contribution in [2.75, 3.05) is 6.61 Å². The van der Waals surface area contributed by atoms with Gasteiger partial charge in [-0.25, -0.2) is 0 Å². The fourth-order valence-electron chi connectivity index (χ4n) is 1.53. The molecule has 1 unspecified atom stereocenters. The Morgan fingerprint density at radius 2 is 2.33 bits per heavy atom. The average Bonchev–Trinajstić information content (AvgIpc) is 2.78. The summed E-state index contributed by atoms with van der Waals surface area (Å²) in [6, 6.07) is 7.72. The van der Waals surface area contributed by atoms with Gasteiger partial charge in [0.25, 0.3) is 0 Å². The van der Waals surface area contributed by atoms with E-state index >= 15 is 0 Å². The molecule has 1 heterocycles. The van der Waals surface area contributed by atoms with Crippen LogP contribution < -0.4 is 4.74 Å². The van der Waals surface area contributed by atoms with Crippen molar-refractivity contribution in [3.8, 4) is 5.75 Å². The first-order valence-electron chi connectivity index (χ1n) is 5.74. The number of aliphatic hydroxyl groups is 1. The Morgan fingerprint density at radius 1 is 1.50 bits per heavy atom. The summed E-state index contributed by atoms with van der Waals surface area (Å²) in [5, 5.41) is 13.5. The van der Waals surface area contributed by atoms with Crippen LogP contribution in [-0.2, 0) is 6.54 Å². The molecule has 1 aromatic carbocycles. The van der Waals surface area contributed by atoms with Crippen LogP contribution in [0.4, 0.5) is 0 Å². The Labute approximate surface area is 114 Å². The van der Waals surface area contributed by atoms with Crippen molar-refractivity contribution in [2.24, 2.45) is 0 Å². The fourth-order valence-corrected chi connectivity index (χ4v) is 1.91. The molecule has 1 N–H and O–H groups in total. The second-order valence-electron chi connectivity index (χ2n) is 4.02. The maximum atomic E-state index is 9.38. The molecule has 2 rings (SSSR count). The van der Waals surface area contributed by atoms with E-state index in [9.17, 15) is 5.11 Å². The normalized spacial score (nSPS) is 12.4. The van der Waals surface area contributed by atoms with Gasteiger partial charge in [-0.15, -0.1) is 0 Å². The first-order valence-corrected chi connectivity index (χ1v) is 6.53. The number of rotatable bonds is 5. The van der Waals surface area contributed by atoms with Gasteiger partial charge >= 0.3 is 0 Å². The third-order valence-corrected chi connectivity index (χ3v) is 3.01. The quantitative estimate of drug-likeness (QED) is 0.923. The third kappa shape index (κ3) is 3.58. The zero-order valence-electron chi connectivity index (χ0n) is 10.1. The molecular weight excluding hydrogens is 296 g/mol. The Bertz CT molecular complexity index is 511. The van der Waals surface area contributed by atoms with E-state index in [0.29, 0.717) is 13.2 Å². The maximum Gasteiger partial charge on any atom is 0.120 e. The van der Waals surface area contributed by atoms with Crippen molar-refractivity contribution >= 4 is 15.9 Å². The van der Waals surface area contributed by atoms with E-state index in [-0.39, 0.29) is 0 Å². The highest BCUT2D eigenvalue weighted by atomic mass is 79.9. The van der Waals surface area contributed by atoms with Crippen LogP contribution in [0.15, 0.2) is 41.1 Å². The molecule has 2 aromatic rings. The van der Waals surface area contributed by atoms with Gasteiger partial charge in [0.2, 0.25) is 0 Å². The van der Waals surface area contributed by atoms with Crippen molar-refractivity contribution in [3.63, 3.8) is 0 Å². The molecular formula is C13H15BrN2O2. The number of halogens is 1. The first-order chi connectivity index (χ1) is 8.65. The largest absolute Gasteiger partial charge is 0.492 e. The van der Waals surface area contributed by atoms with Crippen LogP contribution in [0.25, 0.3) is 0 Å². The lowest BCUT2D eigenvalue weighted by atomic mass is 10.2. The molecule has 96 valence electrons. The summed E-state index contributed by atoms with van der Waals surface area (Å²) >= 11 is 3.39. The lowest BCUT2D eigenvalue weighted by molar-refractivity contribution is 0.199. The molecule has 0 bridgehead atoms. The molecule has 0 aliphatic rings. The summed E-state index contributed by atoms with van der Waals surface area (Å²) in [5.74, 6) is 0.826. The Kier molecular flexibility index (Phi) is 4.38. The first kappa shape index (κ1) is 13.1. The van der Waals surface area contributed by atoms with Crippen LogP contribution in [0.2, 0.25) is 0 Å². The summed E-state index contributed by atoms with van der Waals surface area (Å²) in [6.07, 6.45) is 3.02. The van der Waals surface area contributed by atoms with Gasteiger partial charge in [-0.1, -0.05) is 22.0 Å². The highest BCUT2D eigenvalue weighted by molar-refractivity contribution is 9.10. The predicted molar refractivity (Wildman–Crippen MR) is 72.5 cm³/mol. The molecule has 0 saturated heterocycles. The van der Waals surface area contributed by atoms with Gasteiger partial charge in [0.1, 0.15) is 12.4 Å². The van der Waals surface area contributed by atoms with Gasteiger partial charge in [0.05, 0.1) is 18.8 Å². The van der Waals surface area contributed by atoms with Crippen LogP contribution in [0.5, 0.6) is 5.75 Å². The SMILES string of the molecule is CC(O)c1cnn(CCOc2cccc(Br)c2)c1. The lowest BCUT2D eigenvalue weighted by Crippen LogP contribution is -2.08. The molecule has 0 spiro atoms. The highest BCUT2D eigenvalue weighted by Crippen LogP contribution is 2.17. The average molecular weight is 311 g/mol. The van der Waals surface area contributed by atoms with Crippen molar-refractivity contribution in [1.82, 2.24) is 9.78 Å². The highest BCUT2D eigenvalue weighted by Gasteiger charge is 2.04. The molecule has 18 heavy (non-hydrogen) atoms. The monoisotopic (exact) mass is 310 g/mol. The summed E-state index contributed by atoms with van der Waals surface area (Å²) in [5.41, 5.74) is 0.817. The minimum absolute atomic E-state index is 0.482. The number of aromatic nitrogens is 2. The van der Waals surface area contributed by atoms with Gasteiger partial charge in [0.15, 0.2) is 0 Å². The van der Waals surface area contributed by atoms with Gasteiger partial charge in [-0.3, -0.25) is 4.68 Å². The van der Waals surface area contributed by atoms with Crippen LogP contribution in [0.3, 0.4) is 0 Å².